The van der Waals surface area contributed by atoms with Gasteiger partial charge in [0.15, 0.2) is 0 Å². The number of hydrogen-bond donors (Lipinski definition) is 2. The Kier molecular flexibility index (Phi) is 6.39. The van der Waals surface area contributed by atoms with Crippen LogP contribution in [-0.4, -0.2) is 27.5 Å². The van der Waals surface area contributed by atoms with Crippen molar-refractivity contribution in [3.8, 4) is 0 Å². The number of amides is 2. The summed E-state index contributed by atoms with van der Waals surface area (Å²) in [7, 11) is 0. The zero-order valence-electron chi connectivity index (χ0n) is 13.0. The van der Waals surface area contributed by atoms with Gasteiger partial charge in [-0.2, -0.15) is 5.10 Å². The molecule has 0 fully saturated rings. The van der Waals surface area contributed by atoms with Crippen molar-refractivity contribution >= 4 is 29.1 Å². The fraction of sp³-hybridized carbons (Fsp3) is 0.188. The topological polar surface area (TPSA) is 96.3 Å². The number of aromatic nitrogens is 2. The maximum absolute atomic E-state index is 11.9. The monoisotopic (exact) mass is 345 g/mol. The summed E-state index contributed by atoms with van der Waals surface area (Å²) in [6.07, 6.45) is 4.29. The molecular weight excluding hydrogens is 330 g/mol. The van der Waals surface area contributed by atoms with Gasteiger partial charge in [-0.15, -0.1) is 0 Å². The van der Waals surface area contributed by atoms with Crippen LogP contribution in [0.1, 0.15) is 29.4 Å². The number of nitrogens with one attached hydrogen (secondary N) is 2. The van der Waals surface area contributed by atoms with E-state index in [0.717, 1.165) is 5.56 Å². The van der Waals surface area contributed by atoms with Gasteiger partial charge in [0, 0.05) is 29.7 Å². The molecule has 0 bridgehead atoms. The Labute approximate surface area is 144 Å². The van der Waals surface area contributed by atoms with Crippen molar-refractivity contribution in [1.82, 2.24) is 20.7 Å². The second-order valence-electron chi connectivity index (χ2n) is 4.96. The van der Waals surface area contributed by atoms with Gasteiger partial charge in [-0.1, -0.05) is 23.7 Å². The van der Waals surface area contributed by atoms with Crippen LogP contribution < -0.4 is 10.7 Å². The molecule has 0 aliphatic rings. The van der Waals surface area contributed by atoms with Crippen molar-refractivity contribution in [3.05, 3.63) is 59.1 Å². The van der Waals surface area contributed by atoms with Crippen LogP contribution in [0.2, 0.25) is 5.02 Å². The molecule has 2 N–H and O–H groups in total. The van der Waals surface area contributed by atoms with Gasteiger partial charge in [-0.3, -0.25) is 14.6 Å². The first-order valence-electron chi connectivity index (χ1n) is 7.15. The van der Waals surface area contributed by atoms with E-state index in [-0.39, 0.29) is 18.0 Å². The van der Waals surface area contributed by atoms with E-state index >= 15 is 0 Å². The van der Waals surface area contributed by atoms with Crippen LogP contribution >= 0.6 is 11.6 Å². The van der Waals surface area contributed by atoms with E-state index in [1.807, 2.05) is 12.1 Å². The van der Waals surface area contributed by atoms with Crippen LogP contribution in [0.25, 0.3) is 0 Å². The lowest BCUT2D eigenvalue weighted by molar-refractivity contribution is -0.120. The second kappa shape index (κ2) is 8.73. The number of halogens is 1. The van der Waals surface area contributed by atoms with Gasteiger partial charge in [0.05, 0.1) is 12.6 Å². The number of hydrazone groups is 1. The minimum atomic E-state index is -0.482. The molecule has 2 amide bonds. The lowest BCUT2D eigenvalue weighted by Gasteiger charge is -2.06. The minimum Gasteiger partial charge on any atom is -0.352 e. The smallest absolute Gasteiger partial charge is 0.291 e. The first-order valence-corrected chi connectivity index (χ1v) is 7.53. The van der Waals surface area contributed by atoms with Gasteiger partial charge < -0.3 is 5.32 Å². The lowest BCUT2D eigenvalue weighted by Crippen LogP contribution is -2.26. The average molecular weight is 346 g/mol. The number of nitrogens with zero attached hydrogens (tertiary/aromatic N) is 3. The van der Waals surface area contributed by atoms with Crippen LogP contribution in [0.5, 0.6) is 0 Å². The van der Waals surface area contributed by atoms with E-state index in [0.29, 0.717) is 17.3 Å². The van der Waals surface area contributed by atoms with E-state index in [9.17, 15) is 9.59 Å². The summed E-state index contributed by atoms with van der Waals surface area (Å²) in [5.74, 6) is -0.677. The maximum Gasteiger partial charge on any atom is 0.291 e. The molecule has 2 aromatic rings. The predicted molar refractivity (Wildman–Crippen MR) is 90.5 cm³/mol. The minimum absolute atomic E-state index is 0.0777. The number of hydrogen-bond acceptors (Lipinski definition) is 5. The Balaban J connectivity index is 1.78. The maximum atomic E-state index is 11.9. The van der Waals surface area contributed by atoms with Crippen LogP contribution in [0.3, 0.4) is 0 Å². The number of carbonyl (C=O) groups excluding carboxylic acids is 2. The number of carbonyl (C=O) groups is 2. The number of rotatable bonds is 6. The summed E-state index contributed by atoms with van der Waals surface area (Å²) in [6, 6.07) is 7.20. The summed E-state index contributed by atoms with van der Waals surface area (Å²) in [6.45, 7) is 2.05. The molecule has 0 unspecified atom stereocenters. The Morgan fingerprint density at radius 3 is 2.62 bits per heavy atom. The van der Waals surface area contributed by atoms with Crippen LogP contribution in [-0.2, 0) is 11.3 Å². The highest BCUT2D eigenvalue weighted by Gasteiger charge is 2.07. The van der Waals surface area contributed by atoms with Gasteiger partial charge in [0.25, 0.3) is 5.91 Å². The summed E-state index contributed by atoms with van der Waals surface area (Å²) in [5.41, 5.74) is 3.91. The van der Waals surface area contributed by atoms with Gasteiger partial charge in [0.1, 0.15) is 5.69 Å². The van der Waals surface area contributed by atoms with Crippen molar-refractivity contribution in [2.75, 3.05) is 0 Å². The van der Waals surface area contributed by atoms with Crippen molar-refractivity contribution in [1.29, 1.82) is 0 Å². The summed E-state index contributed by atoms with van der Waals surface area (Å²) in [4.78, 5) is 31.2. The lowest BCUT2D eigenvalue weighted by atomic mass is 10.2. The van der Waals surface area contributed by atoms with Crippen LogP contribution in [0.15, 0.2) is 48.0 Å². The van der Waals surface area contributed by atoms with Gasteiger partial charge in [-0.25, -0.2) is 10.4 Å². The van der Waals surface area contributed by atoms with E-state index in [1.165, 1.54) is 18.6 Å². The van der Waals surface area contributed by atoms with E-state index in [2.05, 4.69) is 25.8 Å². The molecule has 0 saturated heterocycles. The third kappa shape index (κ3) is 5.77. The molecule has 7 nitrogen and oxygen atoms in total. The van der Waals surface area contributed by atoms with E-state index < -0.39 is 5.91 Å². The van der Waals surface area contributed by atoms with E-state index in [1.54, 1.807) is 19.1 Å². The van der Waals surface area contributed by atoms with Gasteiger partial charge in [0.2, 0.25) is 5.91 Å². The fourth-order valence-corrected chi connectivity index (χ4v) is 1.88. The molecule has 1 aromatic carbocycles. The molecule has 0 saturated carbocycles. The molecular formula is C16H16ClN5O2. The van der Waals surface area contributed by atoms with Crippen molar-refractivity contribution in [2.24, 2.45) is 5.10 Å². The molecule has 8 heteroatoms. The Morgan fingerprint density at radius 2 is 1.96 bits per heavy atom. The molecule has 0 aliphatic carbocycles. The number of benzene rings is 1. The molecule has 1 aromatic heterocycles. The van der Waals surface area contributed by atoms with Crippen molar-refractivity contribution in [3.63, 3.8) is 0 Å². The fourth-order valence-electron chi connectivity index (χ4n) is 1.76. The van der Waals surface area contributed by atoms with Crippen LogP contribution in [0, 0.1) is 0 Å². The molecule has 0 atom stereocenters. The summed E-state index contributed by atoms with van der Waals surface area (Å²) >= 11 is 5.80. The average Bonchev–Trinajstić information content (AvgIpc) is 2.60. The summed E-state index contributed by atoms with van der Waals surface area (Å²) < 4.78 is 0. The third-order valence-electron chi connectivity index (χ3n) is 2.96. The second-order valence-corrected chi connectivity index (χ2v) is 5.40. The first-order chi connectivity index (χ1) is 11.5. The Bertz CT molecular complexity index is 732. The predicted octanol–water partition coefficient (Wildman–Crippen LogP) is 1.94. The van der Waals surface area contributed by atoms with E-state index in [4.69, 9.17) is 11.6 Å². The highest BCUT2D eigenvalue weighted by molar-refractivity contribution is 6.30. The van der Waals surface area contributed by atoms with Crippen molar-refractivity contribution in [2.45, 2.75) is 19.9 Å². The molecule has 0 spiro atoms. The van der Waals surface area contributed by atoms with Gasteiger partial charge in [-0.05, 0) is 24.6 Å². The first kappa shape index (κ1) is 17.6. The van der Waals surface area contributed by atoms with Crippen molar-refractivity contribution < 1.29 is 9.59 Å². The highest BCUT2D eigenvalue weighted by atomic mass is 35.5. The quantitative estimate of drug-likeness (QED) is 0.617. The normalized spacial score (nSPS) is 11.0. The largest absolute Gasteiger partial charge is 0.352 e. The molecule has 0 aliphatic heterocycles. The molecule has 124 valence electrons. The highest BCUT2D eigenvalue weighted by Crippen LogP contribution is 2.09. The summed E-state index contributed by atoms with van der Waals surface area (Å²) in [5, 5.41) is 7.29. The molecule has 1 heterocycles. The molecule has 0 radical (unpaired) electrons. The third-order valence-corrected chi connectivity index (χ3v) is 3.22. The zero-order valence-corrected chi connectivity index (χ0v) is 13.7. The molecule has 24 heavy (non-hydrogen) atoms. The van der Waals surface area contributed by atoms with Gasteiger partial charge >= 0.3 is 0 Å². The standard InChI is InChI=1S/C16H16ClN5O2/c1-11(21-22-16(24)14-10-18-6-7-19-14)8-15(23)20-9-12-2-4-13(17)5-3-12/h2-7,10H,8-9H2,1H3,(H,20,23)(H,22,24)/b21-11-. The Morgan fingerprint density at radius 1 is 1.21 bits per heavy atom. The zero-order chi connectivity index (χ0) is 17.4. The molecule has 2 rings (SSSR count). The van der Waals surface area contributed by atoms with Crippen LogP contribution in [0.4, 0.5) is 0 Å². The SMILES string of the molecule is C/C(CC(=O)NCc1ccc(Cl)cc1)=N/NC(=O)c1cnccn1. The Hall–Kier alpha value is -2.80.